The summed E-state index contributed by atoms with van der Waals surface area (Å²) in [6.45, 7) is 9.80. The van der Waals surface area contributed by atoms with E-state index < -0.39 is 30.4 Å². The van der Waals surface area contributed by atoms with Crippen LogP contribution in [0, 0.1) is 22.7 Å². The van der Waals surface area contributed by atoms with Gasteiger partial charge in [0.05, 0.1) is 25.4 Å². The van der Waals surface area contributed by atoms with Crippen LogP contribution in [0.3, 0.4) is 0 Å². The van der Waals surface area contributed by atoms with Crippen LogP contribution in [0.2, 0.25) is 19.1 Å². The van der Waals surface area contributed by atoms with Crippen LogP contribution in [0.25, 0.3) is 0 Å². The summed E-state index contributed by atoms with van der Waals surface area (Å²) in [6.07, 6.45) is 2.71. The van der Waals surface area contributed by atoms with E-state index >= 15 is 0 Å². The predicted molar refractivity (Wildman–Crippen MR) is 121 cm³/mol. The normalized spacial score (nSPS) is 15.4. The molecule has 0 fully saturated rings. The summed E-state index contributed by atoms with van der Waals surface area (Å²) in [5.74, 6) is -0.806. The highest BCUT2D eigenvalue weighted by Gasteiger charge is 2.30. The van der Waals surface area contributed by atoms with E-state index in [1.165, 1.54) is 0 Å². The van der Waals surface area contributed by atoms with Gasteiger partial charge in [0, 0.05) is 12.8 Å². The molecule has 0 bridgehead atoms. The summed E-state index contributed by atoms with van der Waals surface area (Å²) >= 11 is 6.23. The van der Waals surface area contributed by atoms with Crippen LogP contribution in [0.4, 0.5) is 0 Å². The molecular formula is C21H35ClN4O4Si. The molecule has 0 saturated heterocycles. The number of nitriles is 2. The van der Waals surface area contributed by atoms with E-state index in [2.05, 4.69) is 10.2 Å². The smallest absolute Gasteiger partial charge is 0.305 e. The van der Waals surface area contributed by atoms with E-state index in [-0.39, 0.29) is 25.7 Å². The molecule has 0 radical (unpaired) electrons. The molecule has 2 atom stereocenters. The summed E-state index contributed by atoms with van der Waals surface area (Å²) in [4.78, 5) is 23.7. The largest absolute Gasteiger partial charge is 0.466 e. The maximum Gasteiger partial charge on any atom is 0.305 e. The van der Waals surface area contributed by atoms with Crippen LogP contribution in [-0.4, -0.2) is 43.6 Å². The predicted octanol–water partition coefficient (Wildman–Crippen LogP) is 5.28. The van der Waals surface area contributed by atoms with E-state index in [0.29, 0.717) is 19.6 Å². The summed E-state index contributed by atoms with van der Waals surface area (Å²) < 4.78 is 10.3. The average Bonchev–Trinajstić information content (AvgIpc) is 2.72. The third kappa shape index (κ3) is 14.6. The summed E-state index contributed by atoms with van der Waals surface area (Å²) in [7, 11) is -1.68. The Morgan fingerprint density at radius 1 is 0.935 bits per heavy atom. The lowest BCUT2D eigenvalue weighted by Gasteiger charge is -2.19. The number of unbranched alkanes of at least 4 members (excludes halogenated alkanes) is 1. The zero-order valence-corrected chi connectivity index (χ0v) is 21.1. The molecule has 2 unspecified atom stereocenters. The van der Waals surface area contributed by atoms with E-state index in [9.17, 15) is 20.1 Å². The van der Waals surface area contributed by atoms with Crippen molar-refractivity contribution in [2.24, 2.45) is 10.2 Å². The summed E-state index contributed by atoms with van der Waals surface area (Å²) in [5.41, 5.74) is -2.54. The van der Waals surface area contributed by atoms with Crippen molar-refractivity contribution in [3.8, 4) is 12.1 Å². The Morgan fingerprint density at radius 2 is 1.35 bits per heavy atom. The first-order chi connectivity index (χ1) is 14.4. The minimum Gasteiger partial charge on any atom is -0.466 e. The zero-order chi connectivity index (χ0) is 24.0. The van der Waals surface area contributed by atoms with Crippen molar-refractivity contribution in [3.05, 3.63) is 0 Å². The van der Waals surface area contributed by atoms with Crippen LogP contribution < -0.4 is 0 Å². The van der Waals surface area contributed by atoms with Gasteiger partial charge in [-0.05, 0) is 45.6 Å². The Labute approximate surface area is 191 Å². The summed E-state index contributed by atoms with van der Waals surface area (Å²) in [5, 5.41) is 27.0. The molecule has 174 valence electrons. The average molecular weight is 471 g/mol. The molecule has 0 heterocycles. The third-order valence-electron chi connectivity index (χ3n) is 4.54. The monoisotopic (exact) mass is 470 g/mol. The first kappa shape index (κ1) is 29.0. The Bertz CT molecular complexity index is 699. The molecule has 0 saturated carbocycles. The molecule has 0 spiro atoms. The van der Waals surface area contributed by atoms with Gasteiger partial charge in [-0.15, -0.1) is 0 Å². The van der Waals surface area contributed by atoms with Crippen LogP contribution in [0.1, 0.15) is 65.7 Å². The summed E-state index contributed by atoms with van der Waals surface area (Å²) in [6, 6.07) is 4.92. The van der Waals surface area contributed by atoms with Crippen LogP contribution in [0.15, 0.2) is 10.2 Å². The number of esters is 2. The van der Waals surface area contributed by atoms with Crippen molar-refractivity contribution in [1.29, 1.82) is 10.5 Å². The highest BCUT2D eigenvalue weighted by atomic mass is 35.6. The Hall–Kier alpha value is -1.97. The van der Waals surface area contributed by atoms with Gasteiger partial charge in [-0.25, -0.2) is 0 Å². The van der Waals surface area contributed by atoms with Crippen molar-refractivity contribution in [2.75, 3.05) is 13.2 Å². The van der Waals surface area contributed by atoms with Gasteiger partial charge in [0.15, 0.2) is 18.5 Å². The third-order valence-corrected chi connectivity index (χ3v) is 6.65. The first-order valence-corrected chi connectivity index (χ1v) is 14.9. The number of rotatable bonds is 15. The van der Waals surface area contributed by atoms with E-state index in [1.54, 1.807) is 13.8 Å². The fraction of sp³-hybridized carbons (Fsp3) is 0.810. The molecule has 0 aliphatic heterocycles. The van der Waals surface area contributed by atoms with E-state index in [4.69, 9.17) is 20.6 Å². The molecule has 8 nitrogen and oxygen atoms in total. The molecule has 0 rings (SSSR count). The molecule has 0 N–H and O–H groups in total. The van der Waals surface area contributed by atoms with Gasteiger partial charge in [-0.2, -0.15) is 31.8 Å². The molecule has 0 aromatic heterocycles. The molecular weight excluding hydrogens is 436 g/mol. The maximum atomic E-state index is 11.9. The van der Waals surface area contributed by atoms with Gasteiger partial charge < -0.3 is 9.47 Å². The van der Waals surface area contributed by atoms with Crippen LogP contribution in [-0.2, 0) is 19.1 Å². The lowest BCUT2D eigenvalue weighted by atomic mass is 9.97. The van der Waals surface area contributed by atoms with Gasteiger partial charge in [0.1, 0.15) is 0 Å². The van der Waals surface area contributed by atoms with Crippen molar-refractivity contribution in [1.82, 2.24) is 0 Å². The highest BCUT2D eigenvalue weighted by molar-refractivity contribution is 7.19. The number of hydrogen-bond donors (Lipinski definition) is 0. The maximum absolute atomic E-state index is 11.9. The number of nitrogens with zero attached hydrogens (tertiary/aromatic N) is 4. The minimum absolute atomic E-state index is 0.0117. The molecule has 0 amide bonds. The van der Waals surface area contributed by atoms with E-state index in [0.717, 1.165) is 18.9 Å². The standard InChI is InChI=1S/C21H35ClN4O4Si/c1-6-7-13-29-18(27)9-11-20(2,16-23)25-26-21(3,17-24)12-10-19(28)30-14-8-15-31(4,5)22/h6-15H2,1-5H3. The molecule has 0 aliphatic carbocycles. The molecule has 0 aromatic rings. The second-order valence-corrected chi connectivity index (χ2v) is 15.6. The van der Waals surface area contributed by atoms with Crippen LogP contribution in [0.5, 0.6) is 0 Å². The van der Waals surface area contributed by atoms with Crippen molar-refractivity contribution in [2.45, 2.75) is 95.9 Å². The highest BCUT2D eigenvalue weighted by Crippen LogP contribution is 2.24. The number of ether oxygens (including phenoxy) is 2. The number of hydrogen-bond acceptors (Lipinski definition) is 8. The van der Waals surface area contributed by atoms with Gasteiger partial charge in [0.2, 0.25) is 0 Å². The molecule has 0 aromatic carbocycles. The topological polar surface area (TPSA) is 125 Å². The lowest BCUT2D eigenvalue weighted by Crippen LogP contribution is -2.25. The molecule has 31 heavy (non-hydrogen) atoms. The molecule has 10 heteroatoms. The Kier molecular flexibility index (Phi) is 13.3. The van der Waals surface area contributed by atoms with Crippen LogP contribution >= 0.6 is 11.1 Å². The van der Waals surface area contributed by atoms with Gasteiger partial charge >= 0.3 is 11.9 Å². The van der Waals surface area contributed by atoms with Gasteiger partial charge in [-0.1, -0.05) is 26.4 Å². The Morgan fingerprint density at radius 3 is 1.71 bits per heavy atom. The first-order valence-electron chi connectivity index (χ1n) is 10.7. The van der Waals surface area contributed by atoms with Crippen molar-refractivity contribution < 1.29 is 19.1 Å². The zero-order valence-electron chi connectivity index (χ0n) is 19.4. The van der Waals surface area contributed by atoms with Gasteiger partial charge in [0.25, 0.3) is 0 Å². The number of azo groups is 1. The SMILES string of the molecule is CCCCOC(=O)CCC(C)(C#N)N=NC(C)(C#N)CCC(=O)OCCC[Si](C)(C)Cl. The van der Waals surface area contributed by atoms with Crippen molar-refractivity contribution >= 4 is 30.4 Å². The fourth-order valence-corrected chi connectivity index (χ4v) is 3.71. The molecule has 0 aliphatic rings. The second-order valence-electron chi connectivity index (χ2n) is 8.59. The quantitative estimate of drug-likeness (QED) is 0.105. The lowest BCUT2D eigenvalue weighted by molar-refractivity contribution is -0.145. The van der Waals surface area contributed by atoms with E-state index in [1.807, 2.05) is 32.2 Å². The fourth-order valence-electron chi connectivity index (χ4n) is 2.32. The second kappa shape index (κ2) is 14.2. The number of carbonyl (C=O) groups excluding carboxylic acids is 2. The number of halogens is 1. The van der Waals surface area contributed by atoms with Gasteiger partial charge in [-0.3, -0.25) is 9.59 Å². The number of carbonyl (C=O) groups is 2. The minimum atomic E-state index is -1.68. The van der Waals surface area contributed by atoms with Crippen molar-refractivity contribution in [3.63, 3.8) is 0 Å². The Balaban J connectivity index is 4.65.